The Hall–Kier alpha value is -0.540. The summed E-state index contributed by atoms with van der Waals surface area (Å²) in [7, 11) is 2.00. The summed E-state index contributed by atoms with van der Waals surface area (Å²) < 4.78 is 5.69. The van der Waals surface area contributed by atoms with E-state index in [4.69, 9.17) is 4.74 Å². The van der Waals surface area contributed by atoms with Crippen LogP contribution in [0.4, 0.5) is 0 Å². The molecule has 0 saturated carbocycles. The summed E-state index contributed by atoms with van der Waals surface area (Å²) in [5, 5.41) is 6.75. The van der Waals surface area contributed by atoms with Gasteiger partial charge >= 0.3 is 0 Å². The molecule has 0 aliphatic carbocycles. The third-order valence-corrected chi connectivity index (χ3v) is 3.68. The largest absolute Gasteiger partial charge is 0.385 e. The van der Waals surface area contributed by atoms with Gasteiger partial charge in [0, 0.05) is 31.5 Å². The summed E-state index contributed by atoms with van der Waals surface area (Å²) in [6.07, 6.45) is 3.81. The molecule has 0 radical (unpaired) electrons. The van der Waals surface area contributed by atoms with E-state index in [0.717, 1.165) is 25.5 Å². The van der Waals surface area contributed by atoms with Crippen molar-refractivity contribution in [1.82, 2.24) is 10.6 Å². The molecular formula is C14H28N2O. The van der Waals surface area contributed by atoms with Crippen LogP contribution in [0.3, 0.4) is 0 Å². The Kier molecular flexibility index (Phi) is 6.60. The van der Waals surface area contributed by atoms with Gasteiger partial charge in [0.1, 0.15) is 0 Å². The molecule has 0 aromatic carbocycles. The van der Waals surface area contributed by atoms with Gasteiger partial charge in [0.05, 0.1) is 0 Å². The molecule has 1 heterocycles. The lowest BCUT2D eigenvalue weighted by atomic mass is 9.84. The van der Waals surface area contributed by atoms with Crippen molar-refractivity contribution in [2.24, 2.45) is 11.8 Å². The minimum Gasteiger partial charge on any atom is -0.385 e. The van der Waals surface area contributed by atoms with E-state index < -0.39 is 0 Å². The monoisotopic (exact) mass is 240 g/mol. The molecule has 0 aromatic heterocycles. The van der Waals surface area contributed by atoms with E-state index in [9.17, 15) is 0 Å². The Morgan fingerprint density at radius 2 is 2.24 bits per heavy atom. The Morgan fingerprint density at radius 1 is 1.47 bits per heavy atom. The minimum absolute atomic E-state index is 0.448. The standard InChI is InChI=1S/C14H28N2O/c1-11(2)16-14(9-15-4)12(3)13-7-5-6-8-17-10-13/h12-16H,1,5-10H2,2-4H3/t12-,13?,14+/m0/s1. The van der Waals surface area contributed by atoms with E-state index in [1.807, 2.05) is 14.0 Å². The lowest BCUT2D eigenvalue weighted by Crippen LogP contribution is -2.44. The van der Waals surface area contributed by atoms with E-state index in [1.54, 1.807) is 0 Å². The fraction of sp³-hybridized carbons (Fsp3) is 0.857. The van der Waals surface area contributed by atoms with E-state index in [1.165, 1.54) is 19.3 Å². The highest BCUT2D eigenvalue weighted by molar-refractivity contribution is 4.92. The van der Waals surface area contributed by atoms with E-state index in [-0.39, 0.29) is 0 Å². The topological polar surface area (TPSA) is 33.3 Å². The van der Waals surface area contributed by atoms with Crippen LogP contribution in [0, 0.1) is 11.8 Å². The van der Waals surface area contributed by atoms with Crippen LogP contribution in [0.1, 0.15) is 33.1 Å². The van der Waals surface area contributed by atoms with E-state index >= 15 is 0 Å². The van der Waals surface area contributed by atoms with E-state index in [0.29, 0.717) is 17.9 Å². The smallest absolute Gasteiger partial charge is 0.0497 e. The summed E-state index contributed by atoms with van der Waals surface area (Å²) in [5.74, 6) is 1.28. The quantitative estimate of drug-likeness (QED) is 0.746. The number of rotatable bonds is 6. The highest BCUT2D eigenvalue weighted by Crippen LogP contribution is 2.24. The zero-order valence-corrected chi connectivity index (χ0v) is 11.6. The van der Waals surface area contributed by atoms with E-state index in [2.05, 4.69) is 24.1 Å². The number of hydrogen-bond donors (Lipinski definition) is 2. The Labute approximate surface area is 106 Å². The first-order valence-corrected chi connectivity index (χ1v) is 6.79. The van der Waals surface area contributed by atoms with Gasteiger partial charge in [-0.3, -0.25) is 0 Å². The molecule has 1 aliphatic heterocycles. The van der Waals surface area contributed by atoms with Gasteiger partial charge in [-0.25, -0.2) is 0 Å². The molecule has 1 fully saturated rings. The Morgan fingerprint density at radius 3 is 2.88 bits per heavy atom. The molecular weight excluding hydrogens is 212 g/mol. The third kappa shape index (κ3) is 5.09. The molecule has 3 nitrogen and oxygen atoms in total. The van der Waals surface area contributed by atoms with Gasteiger partial charge in [-0.1, -0.05) is 19.9 Å². The molecule has 0 amide bonds. The summed E-state index contributed by atoms with van der Waals surface area (Å²) in [6, 6.07) is 0.448. The predicted octanol–water partition coefficient (Wildman–Crippen LogP) is 2.15. The van der Waals surface area contributed by atoms with Gasteiger partial charge in [0.25, 0.3) is 0 Å². The second-order valence-corrected chi connectivity index (χ2v) is 5.28. The van der Waals surface area contributed by atoms with Crippen LogP contribution >= 0.6 is 0 Å². The van der Waals surface area contributed by atoms with Crippen LogP contribution in [-0.2, 0) is 4.74 Å². The molecule has 1 aliphatic rings. The molecule has 3 heteroatoms. The molecule has 3 atom stereocenters. The molecule has 1 unspecified atom stereocenters. The number of ether oxygens (including phenoxy) is 1. The Balaban J connectivity index is 2.54. The van der Waals surface area contributed by atoms with Crippen LogP contribution in [0.25, 0.3) is 0 Å². The molecule has 2 N–H and O–H groups in total. The number of nitrogens with one attached hydrogen (secondary N) is 2. The highest BCUT2D eigenvalue weighted by Gasteiger charge is 2.26. The third-order valence-electron chi connectivity index (χ3n) is 3.68. The SMILES string of the molecule is C=C(C)N[C@H](CNC)[C@@H](C)C1CCCCOC1. The molecule has 1 saturated heterocycles. The average molecular weight is 240 g/mol. The minimum atomic E-state index is 0.448. The average Bonchev–Trinajstić information content (AvgIpc) is 2.55. The van der Waals surface area contributed by atoms with Crippen LogP contribution in [0.15, 0.2) is 12.3 Å². The molecule has 0 bridgehead atoms. The molecule has 100 valence electrons. The molecule has 0 spiro atoms. The lowest BCUT2D eigenvalue weighted by molar-refractivity contribution is 0.0880. The van der Waals surface area contributed by atoms with Crippen molar-refractivity contribution >= 4 is 0 Å². The maximum atomic E-state index is 5.69. The summed E-state index contributed by atoms with van der Waals surface area (Å²) in [5.41, 5.74) is 1.05. The fourth-order valence-corrected chi connectivity index (χ4v) is 2.58. The summed E-state index contributed by atoms with van der Waals surface area (Å²) in [4.78, 5) is 0. The van der Waals surface area contributed by atoms with Crippen LogP contribution in [0.5, 0.6) is 0 Å². The number of allylic oxidation sites excluding steroid dienone is 1. The van der Waals surface area contributed by atoms with Gasteiger partial charge in [0.2, 0.25) is 0 Å². The van der Waals surface area contributed by atoms with Crippen molar-refractivity contribution < 1.29 is 4.74 Å². The van der Waals surface area contributed by atoms with Gasteiger partial charge in [-0.15, -0.1) is 0 Å². The zero-order valence-electron chi connectivity index (χ0n) is 11.6. The number of likely N-dealkylation sites (N-methyl/N-ethyl adjacent to an activating group) is 1. The molecule has 17 heavy (non-hydrogen) atoms. The lowest BCUT2D eigenvalue weighted by Gasteiger charge is -2.31. The van der Waals surface area contributed by atoms with Crippen LogP contribution in [0.2, 0.25) is 0 Å². The Bertz CT molecular complexity index is 222. The predicted molar refractivity (Wildman–Crippen MR) is 73.0 cm³/mol. The van der Waals surface area contributed by atoms with Crippen LogP contribution in [-0.4, -0.2) is 32.8 Å². The second-order valence-electron chi connectivity index (χ2n) is 5.28. The van der Waals surface area contributed by atoms with Crippen LogP contribution < -0.4 is 10.6 Å². The van der Waals surface area contributed by atoms with Gasteiger partial charge in [-0.05, 0) is 38.6 Å². The van der Waals surface area contributed by atoms with Crippen molar-refractivity contribution in [2.45, 2.75) is 39.2 Å². The van der Waals surface area contributed by atoms with Crippen molar-refractivity contribution in [1.29, 1.82) is 0 Å². The maximum Gasteiger partial charge on any atom is 0.0497 e. The normalized spacial score (nSPS) is 24.8. The first-order valence-electron chi connectivity index (χ1n) is 6.79. The van der Waals surface area contributed by atoms with Crippen molar-refractivity contribution in [3.8, 4) is 0 Å². The highest BCUT2D eigenvalue weighted by atomic mass is 16.5. The van der Waals surface area contributed by atoms with Crippen molar-refractivity contribution in [3.05, 3.63) is 12.3 Å². The summed E-state index contributed by atoms with van der Waals surface area (Å²) >= 11 is 0. The second kappa shape index (κ2) is 7.72. The van der Waals surface area contributed by atoms with Gasteiger partial charge in [-0.2, -0.15) is 0 Å². The van der Waals surface area contributed by atoms with Crippen molar-refractivity contribution in [2.75, 3.05) is 26.8 Å². The van der Waals surface area contributed by atoms with Gasteiger partial charge < -0.3 is 15.4 Å². The molecule has 0 aromatic rings. The maximum absolute atomic E-state index is 5.69. The number of hydrogen-bond acceptors (Lipinski definition) is 3. The van der Waals surface area contributed by atoms with Crippen molar-refractivity contribution in [3.63, 3.8) is 0 Å². The van der Waals surface area contributed by atoms with Gasteiger partial charge in [0.15, 0.2) is 0 Å². The fourth-order valence-electron chi connectivity index (χ4n) is 2.58. The zero-order chi connectivity index (χ0) is 12.7. The summed E-state index contributed by atoms with van der Waals surface area (Å²) in [6.45, 7) is 11.1. The first kappa shape index (κ1) is 14.5. The molecule has 1 rings (SSSR count). The first-order chi connectivity index (χ1) is 8.15.